The van der Waals surface area contributed by atoms with E-state index >= 15 is 0 Å². The lowest BCUT2D eigenvalue weighted by atomic mass is 10.4. The summed E-state index contributed by atoms with van der Waals surface area (Å²) in [7, 11) is 0. The van der Waals surface area contributed by atoms with E-state index in [0.717, 1.165) is 0 Å². The van der Waals surface area contributed by atoms with E-state index in [1.54, 1.807) is 24.5 Å². The molecule has 2 aromatic rings. The summed E-state index contributed by atoms with van der Waals surface area (Å²) in [6.45, 7) is 0. The van der Waals surface area contributed by atoms with Crippen LogP contribution in [0.5, 0.6) is 0 Å². The van der Waals surface area contributed by atoms with Gasteiger partial charge < -0.3 is 9.40 Å². The monoisotopic (exact) mass is 205 g/mol. The van der Waals surface area contributed by atoms with Gasteiger partial charge in [0.2, 0.25) is 0 Å². The fraction of sp³-hybridized carbons (Fsp3) is 0. The average molecular weight is 205 g/mol. The highest BCUT2D eigenvalue weighted by atomic mass is 16.6. The molecule has 0 aromatic carbocycles. The predicted molar refractivity (Wildman–Crippen MR) is 52.9 cm³/mol. The zero-order chi connectivity index (χ0) is 10.7. The molecule has 0 aliphatic rings. The molecule has 0 amide bonds. The molecule has 0 radical (unpaired) electrons. The molecular formula is C9H7N3O3. The van der Waals surface area contributed by atoms with Gasteiger partial charge in [-0.3, -0.25) is 10.1 Å². The first kappa shape index (κ1) is 9.20. The summed E-state index contributed by atoms with van der Waals surface area (Å²) in [4.78, 5) is 16.6. The van der Waals surface area contributed by atoms with Gasteiger partial charge >= 0.3 is 5.88 Å². The summed E-state index contributed by atoms with van der Waals surface area (Å²) < 4.78 is 4.92. The topological polar surface area (TPSA) is 85.0 Å². The Balaban J connectivity index is 2.14. The molecule has 6 heteroatoms. The Hall–Kier alpha value is -2.37. The van der Waals surface area contributed by atoms with Crippen molar-refractivity contribution in [2.24, 2.45) is 0 Å². The molecule has 0 aliphatic carbocycles. The van der Waals surface area contributed by atoms with Gasteiger partial charge in [0.1, 0.15) is 16.5 Å². The minimum absolute atomic E-state index is 0.269. The zero-order valence-corrected chi connectivity index (χ0v) is 7.58. The molecule has 0 atom stereocenters. The van der Waals surface area contributed by atoms with Gasteiger partial charge in [0.15, 0.2) is 0 Å². The maximum atomic E-state index is 10.3. The standard InChI is InChI=1S/C9H7N3O3/c13-12(14)9-4-2-7(15-9)1-3-8-10-5-6-11-8/h1-6H,(H,10,11). The van der Waals surface area contributed by atoms with Crippen molar-refractivity contribution < 1.29 is 9.34 Å². The molecule has 6 nitrogen and oxygen atoms in total. The second kappa shape index (κ2) is 3.79. The Morgan fingerprint density at radius 2 is 2.33 bits per heavy atom. The highest BCUT2D eigenvalue weighted by Crippen LogP contribution is 2.17. The number of nitrogens with one attached hydrogen (secondary N) is 1. The SMILES string of the molecule is O=[N+]([O-])c1ccc(C=Cc2ncc[nH]2)o1. The summed E-state index contributed by atoms with van der Waals surface area (Å²) in [6, 6.07) is 2.83. The van der Waals surface area contributed by atoms with Crippen LogP contribution in [0.15, 0.2) is 28.9 Å². The van der Waals surface area contributed by atoms with E-state index in [9.17, 15) is 10.1 Å². The van der Waals surface area contributed by atoms with E-state index in [2.05, 4.69) is 9.97 Å². The highest BCUT2D eigenvalue weighted by molar-refractivity contribution is 5.64. The number of nitrogens with zero attached hydrogens (tertiary/aromatic N) is 2. The predicted octanol–water partition coefficient (Wildman–Crippen LogP) is 2.08. The molecule has 2 aromatic heterocycles. The van der Waals surface area contributed by atoms with Crippen LogP contribution >= 0.6 is 0 Å². The number of hydrogen-bond acceptors (Lipinski definition) is 4. The highest BCUT2D eigenvalue weighted by Gasteiger charge is 2.09. The maximum Gasteiger partial charge on any atom is 0.433 e. The number of furan rings is 1. The lowest BCUT2D eigenvalue weighted by Gasteiger charge is -1.84. The van der Waals surface area contributed by atoms with Crippen LogP contribution in [0.25, 0.3) is 12.2 Å². The molecule has 0 saturated heterocycles. The van der Waals surface area contributed by atoms with Crippen LogP contribution < -0.4 is 0 Å². The summed E-state index contributed by atoms with van der Waals surface area (Å²) in [5.41, 5.74) is 0. The van der Waals surface area contributed by atoms with Gasteiger partial charge in [-0.05, 0) is 18.2 Å². The molecule has 2 rings (SSSR count). The summed E-state index contributed by atoms with van der Waals surface area (Å²) >= 11 is 0. The quantitative estimate of drug-likeness (QED) is 0.614. The van der Waals surface area contributed by atoms with Crippen LogP contribution in [0.1, 0.15) is 11.6 Å². The van der Waals surface area contributed by atoms with Crippen molar-refractivity contribution in [3.8, 4) is 0 Å². The first-order valence-corrected chi connectivity index (χ1v) is 4.17. The van der Waals surface area contributed by atoms with Gasteiger partial charge in [-0.1, -0.05) is 0 Å². The lowest BCUT2D eigenvalue weighted by molar-refractivity contribution is -0.402. The fourth-order valence-corrected chi connectivity index (χ4v) is 1.06. The Bertz CT molecular complexity index is 484. The molecule has 0 aliphatic heterocycles. The third-order valence-corrected chi connectivity index (χ3v) is 1.72. The van der Waals surface area contributed by atoms with Crippen molar-refractivity contribution >= 4 is 18.0 Å². The molecule has 0 fully saturated rings. The largest absolute Gasteiger partial charge is 0.433 e. The zero-order valence-electron chi connectivity index (χ0n) is 7.58. The van der Waals surface area contributed by atoms with Gasteiger partial charge in [-0.15, -0.1) is 0 Å². The van der Waals surface area contributed by atoms with E-state index in [4.69, 9.17) is 4.42 Å². The summed E-state index contributed by atoms with van der Waals surface area (Å²) in [6.07, 6.45) is 6.57. The molecule has 0 saturated carbocycles. The van der Waals surface area contributed by atoms with Gasteiger partial charge in [-0.25, -0.2) is 4.98 Å². The fourth-order valence-electron chi connectivity index (χ4n) is 1.06. The molecule has 15 heavy (non-hydrogen) atoms. The van der Waals surface area contributed by atoms with Crippen molar-refractivity contribution in [3.63, 3.8) is 0 Å². The van der Waals surface area contributed by atoms with Gasteiger partial charge in [0.25, 0.3) is 0 Å². The number of hydrogen-bond donors (Lipinski definition) is 1. The Kier molecular flexibility index (Phi) is 2.32. The van der Waals surface area contributed by atoms with E-state index in [1.807, 2.05) is 0 Å². The van der Waals surface area contributed by atoms with E-state index in [1.165, 1.54) is 12.1 Å². The Labute approximate surface area is 84.4 Å². The molecule has 1 N–H and O–H groups in total. The van der Waals surface area contributed by atoms with Crippen LogP contribution in [0.2, 0.25) is 0 Å². The van der Waals surface area contributed by atoms with E-state index in [-0.39, 0.29) is 5.88 Å². The molecular weight excluding hydrogens is 198 g/mol. The third-order valence-electron chi connectivity index (χ3n) is 1.72. The first-order valence-electron chi connectivity index (χ1n) is 4.17. The minimum Gasteiger partial charge on any atom is -0.401 e. The average Bonchev–Trinajstić information content (AvgIpc) is 2.86. The van der Waals surface area contributed by atoms with Crippen molar-refractivity contribution in [1.29, 1.82) is 0 Å². The number of imidazole rings is 1. The van der Waals surface area contributed by atoms with Crippen LogP contribution in [0.4, 0.5) is 5.88 Å². The molecule has 0 bridgehead atoms. The van der Waals surface area contributed by atoms with Gasteiger partial charge in [0, 0.05) is 12.4 Å². The number of H-pyrrole nitrogens is 1. The van der Waals surface area contributed by atoms with Crippen molar-refractivity contribution in [2.75, 3.05) is 0 Å². The van der Waals surface area contributed by atoms with Crippen molar-refractivity contribution in [2.45, 2.75) is 0 Å². The van der Waals surface area contributed by atoms with Gasteiger partial charge in [0.05, 0.1) is 6.07 Å². The first-order chi connectivity index (χ1) is 7.25. The lowest BCUT2D eigenvalue weighted by Crippen LogP contribution is -1.82. The Morgan fingerprint density at radius 3 is 2.93 bits per heavy atom. The smallest absolute Gasteiger partial charge is 0.401 e. The van der Waals surface area contributed by atoms with Crippen LogP contribution in [0, 0.1) is 10.1 Å². The molecule has 2 heterocycles. The van der Waals surface area contributed by atoms with E-state index in [0.29, 0.717) is 11.6 Å². The van der Waals surface area contributed by atoms with Crippen LogP contribution in [0.3, 0.4) is 0 Å². The molecule has 76 valence electrons. The van der Waals surface area contributed by atoms with E-state index < -0.39 is 4.92 Å². The summed E-state index contributed by atoms with van der Waals surface area (Å²) in [5.74, 6) is 0.807. The van der Waals surface area contributed by atoms with Crippen molar-refractivity contribution in [3.05, 3.63) is 46.2 Å². The summed E-state index contributed by atoms with van der Waals surface area (Å²) in [5, 5.41) is 10.3. The number of rotatable bonds is 3. The molecule has 0 spiro atoms. The normalized spacial score (nSPS) is 10.9. The number of aromatic amines is 1. The second-order valence-corrected chi connectivity index (χ2v) is 2.74. The van der Waals surface area contributed by atoms with Crippen LogP contribution in [-0.4, -0.2) is 14.9 Å². The second-order valence-electron chi connectivity index (χ2n) is 2.74. The van der Waals surface area contributed by atoms with Crippen molar-refractivity contribution in [1.82, 2.24) is 9.97 Å². The van der Waals surface area contributed by atoms with Gasteiger partial charge in [-0.2, -0.15) is 0 Å². The number of aromatic nitrogens is 2. The maximum absolute atomic E-state index is 10.3. The number of nitro groups is 1. The Morgan fingerprint density at radius 1 is 1.47 bits per heavy atom. The third kappa shape index (κ3) is 2.11. The van der Waals surface area contributed by atoms with Crippen LogP contribution in [-0.2, 0) is 0 Å². The molecule has 0 unspecified atom stereocenters. The minimum atomic E-state index is -0.579.